The van der Waals surface area contributed by atoms with E-state index in [0.717, 1.165) is 18.8 Å². The van der Waals surface area contributed by atoms with Crippen LogP contribution in [0.1, 0.15) is 42.9 Å². The highest BCUT2D eigenvalue weighted by atomic mass is 16.4. The van der Waals surface area contributed by atoms with Crippen LogP contribution in [0.3, 0.4) is 0 Å². The Hall–Kier alpha value is -1.42. The lowest BCUT2D eigenvalue weighted by Crippen LogP contribution is -2.41. The van der Waals surface area contributed by atoms with Crippen LogP contribution in [0.15, 0.2) is 18.2 Å². The van der Waals surface area contributed by atoms with Crippen LogP contribution >= 0.6 is 0 Å². The number of carboxylic acids is 1. The van der Waals surface area contributed by atoms with Crippen LogP contribution in [0.2, 0.25) is 0 Å². The Balaban J connectivity index is 2.08. The summed E-state index contributed by atoms with van der Waals surface area (Å²) in [6, 6.07) is 5.74. The third-order valence-electron chi connectivity index (χ3n) is 3.90. The lowest BCUT2D eigenvalue weighted by molar-refractivity contribution is 0.0689. The molecule has 4 heteroatoms. The Bertz CT molecular complexity index is 434. The summed E-state index contributed by atoms with van der Waals surface area (Å²) in [4.78, 5) is 17.5. The number of hydrogen-bond donors (Lipinski definition) is 1. The molecule has 1 aromatic rings. The fourth-order valence-electron chi connectivity index (χ4n) is 2.54. The molecule has 2 rings (SSSR count). The van der Waals surface area contributed by atoms with Gasteiger partial charge in [0, 0.05) is 12.6 Å². The van der Waals surface area contributed by atoms with Crippen LogP contribution in [0.5, 0.6) is 0 Å². The van der Waals surface area contributed by atoms with Crippen LogP contribution in [0.25, 0.3) is 0 Å². The van der Waals surface area contributed by atoms with Gasteiger partial charge in [-0.3, -0.25) is 4.90 Å². The topological polar surface area (TPSA) is 53.4 Å². The van der Waals surface area contributed by atoms with E-state index in [1.165, 1.54) is 18.9 Å². The van der Waals surface area contributed by atoms with Crippen molar-refractivity contribution in [2.45, 2.75) is 39.3 Å². The minimum absolute atomic E-state index is 0.130. The second-order valence-corrected chi connectivity index (χ2v) is 5.15. The molecule has 2 unspecified atom stereocenters. The fourth-order valence-corrected chi connectivity index (χ4v) is 2.54. The molecule has 1 aliphatic heterocycles. The lowest BCUT2D eigenvalue weighted by Gasteiger charge is -2.37. The summed E-state index contributed by atoms with van der Waals surface area (Å²) in [5.74, 6) is -0.265. The maximum Gasteiger partial charge on any atom is 0.354 e. The minimum Gasteiger partial charge on any atom is -0.477 e. The van der Waals surface area contributed by atoms with Crippen molar-refractivity contribution in [3.8, 4) is 0 Å². The normalized spacial score (nSPS) is 25.0. The zero-order valence-corrected chi connectivity index (χ0v) is 11.0. The highest BCUT2D eigenvalue weighted by molar-refractivity contribution is 5.85. The van der Waals surface area contributed by atoms with Crippen LogP contribution in [0, 0.1) is 5.92 Å². The number of rotatable bonds is 3. The summed E-state index contributed by atoms with van der Waals surface area (Å²) in [5, 5.41) is 8.93. The van der Waals surface area contributed by atoms with Gasteiger partial charge in [0.1, 0.15) is 5.69 Å². The van der Waals surface area contributed by atoms with E-state index in [1.54, 1.807) is 6.07 Å². The molecule has 0 aliphatic carbocycles. The van der Waals surface area contributed by atoms with Crippen LogP contribution in [0.4, 0.5) is 0 Å². The Labute approximate surface area is 108 Å². The zero-order valence-electron chi connectivity index (χ0n) is 11.0. The molecular weight excluding hydrogens is 228 g/mol. The largest absolute Gasteiger partial charge is 0.477 e. The van der Waals surface area contributed by atoms with Crippen molar-refractivity contribution >= 4 is 5.97 Å². The van der Waals surface area contributed by atoms with Gasteiger partial charge in [-0.25, -0.2) is 9.78 Å². The summed E-state index contributed by atoms with van der Waals surface area (Å²) in [7, 11) is 0. The van der Waals surface area contributed by atoms with E-state index in [4.69, 9.17) is 5.11 Å². The Morgan fingerprint density at radius 3 is 3.00 bits per heavy atom. The molecule has 2 heterocycles. The molecule has 18 heavy (non-hydrogen) atoms. The molecule has 4 nitrogen and oxygen atoms in total. The number of likely N-dealkylation sites (tertiary alicyclic amines) is 1. The standard InChI is InChI=1S/C14H20N2O2/c1-10-5-4-8-16(11(10)2)9-12-6-3-7-13(15-12)14(17)18/h3,6-7,10-11H,4-5,8-9H2,1-2H3,(H,17,18). The second kappa shape index (κ2) is 5.48. The van der Waals surface area contributed by atoms with E-state index in [-0.39, 0.29) is 5.69 Å². The van der Waals surface area contributed by atoms with Crippen molar-refractivity contribution in [2.75, 3.05) is 6.54 Å². The summed E-state index contributed by atoms with van der Waals surface area (Å²) >= 11 is 0. The smallest absolute Gasteiger partial charge is 0.354 e. The van der Waals surface area contributed by atoms with Crippen molar-refractivity contribution in [3.63, 3.8) is 0 Å². The summed E-state index contributed by atoms with van der Waals surface area (Å²) in [5.41, 5.74) is 0.973. The van der Waals surface area contributed by atoms with E-state index in [0.29, 0.717) is 12.0 Å². The highest BCUT2D eigenvalue weighted by Gasteiger charge is 2.24. The van der Waals surface area contributed by atoms with Gasteiger partial charge in [0.25, 0.3) is 0 Å². The first-order valence-electron chi connectivity index (χ1n) is 6.51. The molecule has 0 aromatic carbocycles. The number of carboxylic acid groups (broad SMARTS) is 1. The van der Waals surface area contributed by atoms with E-state index >= 15 is 0 Å². The van der Waals surface area contributed by atoms with Gasteiger partial charge in [0.05, 0.1) is 5.69 Å². The molecule has 2 atom stereocenters. The zero-order chi connectivity index (χ0) is 13.1. The number of aromatic nitrogens is 1. The molecule has 0 bridgehead atoms. The predicted octanol–water partition coefficient (Wildman–Crippen LogP) is 2.40. The number of aromatic carboxylic acids is 1. The third kappa shape index (κ3) is 2.88. The van der Waals surface area contributed by atoms with Crippen molar-refractivity contribution in [3.05, 3.63) is 29.6 Å². The van der Waals surface area contributed by atoms with Gasteiger partial charge in [-0.05, 0) is 44.4 Å². The summed E-state index contributed by atoms with van der Waals surface area (Å²) in [6.07, 6.45) is 2.49. The van der Waals surface area contributed by atoms with Crippen LogP contribution in [-0.4, -0.2) is 33.5 Å². The molecule has 0 radical (unpaired) electrons. The predicted molar refractivity (Wildman–Crippen MR) is 69.5 cm³/mol. The van der Waals surface area contributed by atoms with Gasteiger partial charge in [-0.2, -0.15) is 0 Å². The van der Waals surface area contributed by atoms with Gasteiger partial charge < -0.3 is 5.11 Å². The van der Waals surface area contributed by atoms with E-state index in [2.05, 4.69) is 23.7 Å². The quantitative estimate of drug-likeness (QED) is 0.892. The van der Waals surface area contributed by atoms with E-state index in [9.17, 15) is 4.79 Å². The number of piperidine rings is 1. The highest BCUT2D eigenvalue weighted by Crippen LogP contribution is 2.24. The van der Waals surface area contributed by atoms with Crippen molar-refractivity contribution in [1.29, 1.82) is 0 Å². The molecule has 1 aromatic heterocycles. The SMILES string of the molecule is CC1CCCN(Cc2cccc(C(=O)O)n2)C1C. The molecule has 1 fully saturated rings. The number of hydrogen-bond acceptors (Lipinski definition) is 3. The van der Waals surface area contributed by atoms with Gasteiger partial charge >= 0.3 is 5.97 Å². The van der Waals surface area contributed by atoms with E-state index < -0.39 is 5.97 Å². The number of pyridine rings is 1. The molecule has 0 saturated carbocycles. The molecule has 1 saturated heterocycles. The maximum atomic E-state index is 10.9. The Morgan fingerprint density at radius 2 is 2.28 bits per heavy atom. The Kier molecular flexibility index (Phi) is 3.97. The summed E-state index contributed by atoms with van der Waals surface area (Å²) in [6.45, 7) is 6.33. The molecular formula is C14H20N2O2. The average Bonchev–Trinajstić information content (AvgIpc) is 2.35. The van der Waals surface area contributed by atoms with Gasteiger partial charge in [-0.1, -0.05) is 13.0 Å². The van der Waals surface area contributed by atoms with Crippen LogP contribution < -0.4 is 0 Å². The van der Waals surface area contributed by atoms with Gasteiger partial charge in [0.2, 0.25) is 0 Å². The Morgan fingerprint density at radius 1 is 1.50 bits per heavy atom. The first-order valence-corrected chi connectivity index (χ1v) is 6.51. The molecule has 1 N–H and O–H groups in total. The monoisotopic (exact) mass is 248 g/mol. The van der Waals surface area contributed by atoms with Crippen molar-refractivity contribution in [1.82, 2.24) is 9.88 Å². The first-order chi connectivity index (χ1) is 8.58. The number of nitrogens with zero attached hydrogens (tertiary/aromatic N) is 2. The minimum atomic E-state index is -0.961. The molecule has 0 spiro atoms. The van der Waals surface area contributed by atoms with E-state index in [1.807, 2.05) is 6.07 Å². The van der Waals surface area contributed by atoms with Crippen molar-refractivity contribution in [2.24, 2.45) is 5.92 Å². The maximum absolute atomic E-state index is 10.9. The number of carbonyl (C=O) groups is 1. The lowest BCUT2D eigenvalue weighted by atomic mass is 9.92. The van der Waals surface area contributed by atoms with Gasteiger partial charge in [0.15, 0.2) is 0 Å². The van der Waals surface area contributed by atoms with Crippen LogP contribution in [-0.2, 0) is 6.54 Å². The summed E-state index contributed by atoms with van der Waals surface area (Å²) < 4.78 is 0. The molecule has 0 amide bonds. The van der Waals surface area contributed by atoms with Gasteiger partial charge in [-0.15, -0.1) is 0 Å². The first kappa shape index (κ1) is 13.0. The van der Waals surface area contributed by atoms with Crippen molar-refractivity contribution < 1.29 is 9.90 Å². The second-order valence-electron chi connectivity index (χ2n) is 5.15. The average molecular weight is 248 g/mol. The molecule has 98 valence electrons. The fraction of sp³-hybridized carbons (Fsp3) is 0.571. The third-order valence-corrected chi connectivity index (χ3v) is 3.90. The molecule has 1 aliphatic rings.